The number of sulfonamides is 1. The molecule has 0 saturated carbocycles. The van der Waals surface area contributed by atoms with Gasteiger partial charge in [0.2, 0.25) is 10.0 Å². The molecule has 1 unspecified atom stereocenters. The lowest BCUT2D eigenvalue weighted by atomic mass is 10.0. The highest BCUT2D eigenvalue weighted by Crippen LogP contribution is 2.22. The summed E-state index contributed by atoms with van der Waals surface area (Å²) in [4.78, 5) is 0. The number of nitrogens with zero attached hydrogens (tertiary/aromatic N) is 1. The molecule has 1 aliphatic heterocycles. The Balaban J connectivity index is 2.72. The zero-order valence-electron chi connectivity index (χ0n) is 8.78. The summed E-state index contributed by atoms with van der Waals surface area (Å²) >= 11 is 0. The van der Waals surface area contributed by atoms with E-state index in [4.69, 9.17) is 5.73 Å². The molecule has 1 rings (SSSR count). The van der Waals surface area contributed by atoms with Crippen molar-refractivity contribution in [3.63, 3.8) is 0 Å². The number of hydrogen-bond acceptors (Lipinski definition) is 3. The summed E-state index contributed by atoms with van der Waals surface area (Å²) in [5.74, 6) is 0.0868. The molecule has 1 aliphatic rings. The van der Waals surface area contributed by atoms with Crippen LogP contribution in [0, 0.1) is 0 Å². The first kappa shape index (κ1) is 11.9. The third-order valence-corrected chi connectivity index (χ3v) is 4.72. The molecule has 0 spiro atoms. The average Bonchev–Trinajstić information content (AvgIpc) is 2.18. The van der Waals surface area contributed by atoms with Gasteiger partial charge in [-0.1, -0.05) is 13.3 Å². The fourth-order valence-corrected chi connectivity index (χ4v) is 3.66. The summed E-state index contributed by atoms with van der Waals surface area (Å²) < 4.78 is 25.3. The van der Waals surface area contributed by atoms with Crippen LogP contribution in [0.15, 0.2) is 0 Å². The zero-order chi connectivity index (χ0) is 10.6. The summed E-state index contributed by atoms with van der Waals surface area (Å²) in [5, 5.41) is 0. The molecule has 0 aromatic rings. The second-order valence-electron chi connectivity index (χ2n) is 3.77. The van der Waals surface area contributed by atoms with Crippen molar-refractivity contribution < 1.29 is 8.42 Å². The first-order valence-corrected chi connectivity index (χ1v) is 6.92. The highest BCUT2D eigenvalue weighted by Gasteiger charge is 2.30. The van der Waals surface area contributed by atoms with E-state index < -0.39 is 10.0 Å². The zero-order valence-corrected chi connectivity index (χ0v) is 9.59. The van der Waals surface area contributed by atoms with Gasteiger partial charge in [0.15, 0.2) is 0 Å². The van der Waals surface area contributed by atoms with E-state index in [2.05, 4.69) is 0 Å². The molecular formula is C9H20N2O2S. The van der Waals surface area contributed by atoms with Gasteiger partial charge in [0.1, 0.15) is 0 Å². The van der Waals surface area contributed by atoms with Gasteiger partial charge in [-0.3, -0.25) is 0 Å². The maximum atomic E-state index is 11.8. The molecule has 0 aliphatic carbocycles. The van der Waals surface area contributed by atoms with Gasteiger partial charge >= 0.3 is 0 Å². The number of piperidine rings is 1. The van der Waals surface area contributed by atoms with Crippen molar-refractivity contribution in [2.75, 3.05) is 18.8 Å². The Bertz CT molecular complexity index is 264. The Morgan fingerprint density at radius 2 is 2.14 bits per heavy atom. The fourth-order valence-electron chi connectivity index (χ4n) is 2.01. The van der Waals surface area contributed by atoms with Crippen LogP contribution in [0.4, 0.5) is 0 Å². The largest absolute Gasteiger partial charge is 0.329 e. The third-order valence-electron chi connectivity index (χ3n) is 2.78. The van der Waals surface area contributed by atoms with E-state index in [9.17, 15) is 8.42 Å². The van der Waals surface area contributed by atoms with E-state index in [1.165, 1.54) is 0 Å². The highest BCUT2D eigenvalue weighted by atomic mass is 32.2. The van der Waals surface area contributed by atoms with Gasteiger partial charge in [-0.05, 0) is 19.3 Å². The van der Waals surface area contributed by atoms with Gasteiger partial charge in [0, 0.05) is 19.1 Å². The predicted octanol–water partition coefficient (Wildman–Crippen LogP) is 0.539. The van der Waals surface area contributed by atoms with Crippen LogP contribution in [0.2, 0.25) is 0 Å². The second kappa shape index (κ2) is 5.09. The van der Waals surface area contributed by atoms with Crippen molar-refractivity contribution in [2.45, 2.75) is 38.6 Å². The van der Waals surface area contributed by atoms with E-state index >= 15 is 0 Å². The van der Waals surface area contributed by atoms with Crippen molar-refractivity contribution in [2.24, 2.45) is 5.73 Å². The molecular weight excluding hydrogens is 200 g/mol. The Hall–Kier alpha value is -0.130. The Kier molecular flexibility index (Phi) is 4.34. The van der Waals surface area contributed by atoms with Crippen molar-refractivity contribution in [1.82, 2.24) is 4.31 Å². The van der Waals surface area contributed by atoms with Gasteiger partial charge in [0.25, 0.3) is 0 Å². The predicted molar refractivity (Wildman–Crippen MR) is 57.5 cm³/mol. The quantitative estimate of drug-likeness (QED) is 0.752. The topological polar surface area (TPSA) is 63.4 Å². The normalized spacial score (nSPS) is 25.1. The molecule has 1 heterocycles. The molecule has 0 bridgehead atoms. The highest BCUT2D eigenvalue weighted by molar-refractivity contribution is 7.89. The lowest BCUT2D eigenvalue weighted by Gasteiger charge is -2.33. The van der Waals surface area contributed by atoms with Gasteiger partial charge in [-0.2, -0.15) is 4.31 Å². The summed E-state index contributed by atoms with van der Waals surface area (Å²) in [6.07, 6.45) is 4.04. The molecule has 1 atom stereocenters. The van der Waals surface area contributed by atoms with Crippen LogP contribution in [-0.4, -0.2) is 37.6 Å². The minimum Gasteiger partial charge on any atom is -0.329 e. The first-order valence-electron chi connectivity index (χ1n) is 5.31. The maximum absolute atomic E-state index is 11.8. The van der Waals surface area contributed by atoms with Crippen LogP contribution in [0.5, 0.6) is 0 Å². The lowest BCUT2D eigenvalue weighted by Crippen LogP contribution is -2.45. The Morgan fingerprint density at radius 1 is 1.43 bits per heavy atom. The van der Waals surface area contributed by atoms with E-state index in [0.717, 1.165) is 25.7 Å². The summed E-state index contributed by atoms with van der Waals surface area (Å²) in [6, 6.07) is 0.209. The Morgan fingerprint density at radius 3 is 2.71 bits per heavy atom. The molecule has 84 valence electrons. The van der Waals surface area contributed by atoms with Crippen molar-refractivity contribution in [1.29, 1.82) is 0 Å². The van der Waals surface area contributed by atoms with Crippen LogP contribution in [0.25, 0.3) is 0 Å². The number of nitrogens with two attached hydrogens (primary N) is 1. The molecule has 2 N–H and O–H groups in total. The van der Waals surface area contributed by atoms with Crippen LogP contribution >= 0.6 is 0 Å². The van der Waals surface area contributed by atoms with Crippen molar-refractivity contribution in [3.05, 3.63) is 0 Å². The first-order chi connectivity index (χ1) is 6.61. The SMILES string of the molecule is CCC1CCCCN1S(=O)(=O)CCN. The van der Waals surface area contributed by atoms with Gasteiger partial charge in [-0.15, -0.1) is 0 Å². The van der Waals surface area contributed by atoms with E-state index in [1.807, 2.05) is 6.92 Å². The van der Waals surface area contributed by atoms with Crippen LogP contribution < -0.4 is 5.73 Å². The molecule has 0 aromatic carbocycles. The fraction of sp³-hybridized carbons (Fsp3) is 1.00. The maximum Gasteiger partial charge on any atom is 0.215 e. The van der Waals surface area contributed by atoms with Gasteiger partial charge in [-0.25, -0.2) is 8.42 Å². The monoisotopic (exact) mass is 220 g/mol. The summed E-state index contributed by atoms with van der Waals surface area (Å²) in [7, 11) is -3.09. The number of rotatable bonds is 4. The van der Waals surface area contributed by atoms with E-state index in [0.29, 0.717) is 6.54 Å². The number of hydrogen-bond donors (Lipinski definition) is 1. The molecule has 5 heteroatoms. The second-order valence-corrected chi connectivity index (χ2v) is 5.81. The molecule has 0 amide bonds. The van der Waals surface area contributed by atoms with Crippen LogP contribution in [0.3, 0.4) is 0 Å². The Labute approximate surface area is 86.5 Å². The van der Waals surface area contributed by atoms with Crippen molar-refractivity contribution >= 4 is 10.0 Å². The van der Waals surface area contributed by atoms with E-state index in [-0.39, 0.29) is 18.3 Å². The van der Waals surface area contributed by atoms with E-state index in [1.54, 1.807) is 4.31 Å². The minimum absolute atomic E-state index is 0.0868. The summed E-state index contributed by atoms with van der Waals surface area (Å²) in [6.45, 7) is 2.94. The van der Waals surface area contributed by atoms with Crippen LogP contribution in [0.1, 0.15) is 32.6 Å². The smallest absolute Gasteiger partial charge is 0.215 e. The van der Waals surface area contributed by atoms with Gasteiger partial charge < -0.3 is 5.73 Å². The van der Waals surface area contributed by atoms with Crippen LogP contribution in [-0.2, 0) is 10.0 Å². The average molecular weight is 220 g/mol. The van der Waals surface area contributed by atoms with Crippen molar-refractivity contribution in [3.8, 4) is 0 Å². The minimum atomic E-state index is -3.09. The van der Waals surface area contributed by atoms with Gasteiger partial charge in [0.05, 0.1) is 5.75 Å². The lowest BCUT2D eigenvalue weighted by molar-refractivity contribution is 0.247. The molecule has 1 saturated heterocycles. The molecule has 14 heavy (non-hydrogen) atoms. The standard InChI is InChI=1S/C9H20N2O2S/c1-2-9-5-3-4-7-11(9)14(12,13)8-6-10/h9H,2-8,10H2,1H3. The summed E-state index contributed by atoms with van der Waals surface area (Å²) in [5.41, 5.74) is 5.30. The molecule has 4 nitrogen and oxygen atoms in total. The molecule has 0 radical (unpaired) electrons. The molecule has 0 aromatic heterocycles. The third kappa shape index (κ3) is 2.68. The molecule has 1 fully saturated rings.